The molecule has 0 bridgehead atoms. The quantitative estimate of drug-likeness (QED) is 0.776. The summed E-state index contributed by atoms with van der Waals surface area (Å²) in [5.74, 6) is 1.76. The molecule has 1 atom stereocenters. The molecule has 0 saturated carbocycles. The largest absolute Gasteiger partial charge is 0.390 e. The third-order valence-electron chi connectivity index (χ3n) is 5.51. The molecule has 0 aromatic carbocycles. The lowest BCUT2D eigenvalue weighted by Crippen LogP contribution is -2.45. The van der Waals surface area contributed by atoms with E-state index in [1.807, 2.05) is 0 Å². The molecule has 0 aliphatic carbocycles. The molecule has 1 unspecified atom stereocenters. The van der Waals surface area contributed by atoms with Crippen molar-refractivity contribution in [2.45, 2.75) is 45.1 Å². The first-order chi connectivity index (χ1) is 10.5. The highest BCUT2D eigenvalue weighted by atomic mass is 16.3. The van der Waals surface area contributed by atoms with Crippen LogP contribution in [0.2, 0.25) is 0 Å². The molecule has 2 heterocycles. The van der Waals surface area contributed by atoms with Crippen LogP contribution in [0.25, 0.3) is 0 Å². The van der Waals surface area contributed by atoms with E-state index < -0.39 is 0 Å². The molecule has 2 aliphatic rings. The molecule has 0 aromatic rings. The maximum atomic E-state index is 10.4. The van der Waals surface area contributed by atoms with Crippen molar-refractivity contribution >= 4 is 0 Å². The number of likely N-dealkylation sites (tertiary alicyclic amines) is 2. The number of β-amino-alcohol motifs (C(OH)–C–C–N with tert-alkyl or cyclic N) is 1. The highest BCUT2D eigenvalue weighted by molar-refractivity contribution is 4.78. The Morgan fingerprint density at radius 3 is 1.95 bits per heavy atom. The zero-order chi connectivity index (χ0) is 15.9. The Morgan fingerprint density at radius 2 is 1.45 bits per heavy atom. The summed E-state index contributed by atoms with van der Waals surface area (Å²) in [5, 5.41) is 10.4. The SMILES string of the molecule is CC1CCN(CC(O)CN2CCC(CCN(C)C)CC2)CC1. The Kier molecular flexibility index (Phi) is 7.61. The van der Waals surface area contributed by atoms with Crippen molar-refractivity contribution in [3.8, 4) is 0 Å². The Labute approximate surface area is 137 Å². The molecule has 1 N–H and O–H groups in total. The minimum absolute atomic E-state index is 0.174. The summed E-state index contributed by atoms with van der Waals surface area (Å²) in [4.78, 5) is 7.22. The van der Waals surface area contributed by atoms with Gasteiger partial charge in [-0.25, -0.2) is 0 Å². The summed E-state index contributed by atoms with van der Waals surface area (Å²) in [6.07, 6.45) is 6.36. The highest BCUT2D eigenvalue weighted by Crippen LogP contribution is 2.21. The van der Waals surface area contributed by atoms with Crippen LogP contribution in [-0.2, 0) is 0 Å². The van der Waals surface area contributed by atoms with E-state index in [1.165, 1.54) is 64.8 Å². The van der Waals surface area contributed by atoms with Gasteiger partial charge in [-0.1, -0.05) is 6.92 Å². The van der Waals surface area contributed by atoms with Crippen LogP contribution in [0.3, 0.4) is 0 Å². The molecule has 22 heavy (non-hydrogen) atoms. The van der Waals surface area contributed by atoms with Crippen LogP contribution in [0.1, 0.15) is 39.0 Å². The van der Waals surface area contributed by atoms with Crippen molar-refractivity contribution in [1.82, 2.24) is 14.7 Å². The summed E-state index contributed by atoms with van der Waals surface area (Å²) in [5.41, 5.74) is 0. The lowest BCUT2D eigenvalue weighted by Gasteiger charge is -2.36. The van der Waals surface area contributed by atoms with Crippen LogP contribution >= 0.6 is 0 Å². The molecule has 2 aliphatic heterocycles. The highest BCUT2D eigenvalue weighted by Gasteiger charge is 2.23. The molecule has 2 fully saturated rings. The van der Waals surface area contributed by atoms with E-state index in [-0.39, 0.29) is 6.10 Å². The fourth-order valence-corrected chi connectivity index (χ4v) is 3.80. The van der Waals surface area contributed by atoms with E-state index in [0.717, 1.165) is 24.9 Å². The number of piperidine rings is 2. The van der Waals surface area contributed by atoms with Crippen molar-refractivity contribution < 1.29 is 5.11 Å². The van der Waals surface area contributed by atoms with Crippen LogP contribution in [-0.4, -0.2) is 85.8 Å². The minimum atomic E-state index is -0.174. The molecule has 0 amide bonds. The van der Waals surface area contributed by atoms with Crippen molar-refractivity contribution in [3.63, 3.8) is 0 Å². The van der Waals surface area contributed by atoms with Gasteiger partial charge >= 0.3 is 0 Å². The van der Waals surface area contributed by atoms with Gasteiger partial charge in [0, 0.05) is 13.1 Å². The summed E-state index contributed by atoms with van der Waals surface area (Å²) in [6, 6.07) is 0. The van der Waals surface area contributed by atoms with E-state index in [4.69, 9.17) is 0 Å². The van der Waals surface area contributed by atoms with Gasteiger partial charge in [-0.3, -0.25) is 0 Å². The van der Waals surface area contributed by atoms with Crippen LogP contribution < -0.4 is 0 Å². The van der Waals surface area contributed by atoms with Gasteiger partial charge in [0.25, 0.3) is 0 Å². The lowest BCUT2D eigenvalue weighted by molar-refractivity contribution is 0.0494. The molecular weight excluding hydrogens is 274 g/mol. The molecule has 0 aromatic heterocycles. The van der Waals surface area contributed by atoms with Crippen LogP contribution in [0.5, 0.6) is 0 Å². The maximum absolute atomic E-state index is 10.4. The van der Waals surface area contributed by atoms with Gasteiger partial charge in [0.1, 0.15) is 0 Å². The first kappa shape index (κ1) is 18.2. The van der Waals surface area contributed by atoms with Crippen molar-refractivity contribution in [2.75, 3.05) is 59.9 Å². The molecule has 2 saturated heterocycles. The lowest BCUT2D eigenvalue weighted by atomic mass is 9.93. The molecule has 2 rings (SSSR count). The van der Waals surface area contributed by atoms with Crippen molar-refractivity contribution in [3.05, 3.63) is 0 Å². The number of rotatable bonds is 7. The van der Waals surface area contributed by atoms with Gasteiger partial charge in [-0.05, 0) is 90.8 Å². The predicted octanol–water partition coefficient (Wildman–Crippen LogP) is 1.74. The molecule has 130 valence electrons. The maximum Gasteiger partial charge on any atom is 0.0793 e. The van der Waals surface area contributed by atoms with Crippen molar-refractivity contribution in [1.29, 1.82) is 0 Å². The first-order valence-corrected chi connectivity index (χ1v) is 9.30. The Balaban J connectivity index is 1.59. The predicted molar refractivity (Wildman–Crippen MR) is 93.2 cm³/mol. The van der Waals surface area contributed by atoms with Gasteiger partial charge in [0.05, 0.1) is 6.10 Å². The Hall–Kier alpha value is -0.160. The van der Waals surface area contributed by atoms with Crippen LogP contribution in [0.15, 0.2) is 0 Å². The first-order valence-electron chi connectivity index (χ1n) is 9.30. The number of hydrogen-bond acceptors (Lipinski definition) is 4. The van der Waals surface area contributed by atoms with Crippen molar-refractivity contribution in [2.24, 2.45) is 11.8 Å². The van der Waals surface area contributed by atoms with Gasteiger partial charge in [0.2, 0.25) is 0 Å². The van der Waals surface area contributed by atoms with Gasteiger partial charge in [-0.2, -0.15) is 0 Å². The molecule has 4 heteroatoms. The zero-order valence-corrected chi connectivity index (χ0v) is 15.0. The topological polar surface area (TPSA) is 30.0 Å². The van der Waals surface area contributed by atoms with Gasteiger partial charge in [0.15, 0.2) is 0 Å². The number of hydrogen-bond donors (Lipinski definition) is 1. The fraction of sp³-hybridized carbons (Fsp3) is 1.00. The third-order valence-corrected chi connectivity index (χ3v) is 5.51. The second-order valence-electron chi connectivity index (χ2n) is 7.97. The summed E-state index contributed by atoms with van der Waals surface area (Å²) < 4.78 is 0. The van der Waals surface area contributed by atoms with Gasteiger partial charge < -0.3 is 19.8 Å². The summed E-state index contributed by atoms with van der Waals surface area (Å²) in [7, 11) is 4.32. The van der Waals surface area contributed by atoms with E-state index >= 15 is 0 Å². The van der Waals surface area contributed by atoms with Crippen LogP contribution in [0, 0.1) is 11.8 Å². The number of aliphatic hydroxyl groups excluding tert-OH is 1. The second kappa shape index (κ2) is 9.21. The molecule has 0 radical (unpaired) electrons. The van der Waals surface area contributed by atoms with Gasteiger partial charge in [-0.15, -0.1) is 0 Å². The van der Waals surface area contributed by atoms with E-state index in [1.54, 1.807) is 0 Å². The number of nitrogens with zero attached hydrogens (tertiary/aromatic N) is 3. The Morgan fingerprint density at radius 1 is 0.955 bits per heavy atom. The van der Waals surface area contributed by atoms with Crippen LogP contribution in [0.4, 0.5) is 0 Å². The zero-order valence-electron chi connectivity index (χ0n) is 15.0. The van der Waals surface area contributed by atoms with E-state index in [0.29, 0.717) is 0 Å². The van der Waals surface area contributed by atoms with E-state index in [2.05, 4.69) is 35.7 Å². The Bertz CT molecular complexity index is 295. The number of aliphatic hydroxyl groups is 1. The molecule has 4 nitrogen and oxygen atoms in total. The molecule has 0 spiro atoms. The standard InChI is InChI=1S/C18H37N3O/c1-16-4-10-20(11-5-16)14-18(22)15-21-12-7-17(8-13-21)6-9-19(2)3/h16-18,22H,4-15H2,1-3H3. The fourth-order valence-electron chi connectivity index (χ4n) is 3.80. The smallest absolute Gasteiger partial charge is 0.0793 e. The normalized spacial score (nSPS) is 25.0. The second-order valence-corrected chi connectivity index (χ2v) is 7.97. The third kappa shape index (κ3) is 6.53. The average Bonchev–Trinajstić information content (AvgIpc) is 2.49. The van der Waals surface area contributed by atoms with E-state index in [9.17, 15) is 5.11 Å². The summed E-state index contributed by atoms with van der Waals surface area (Å²) in [6.45, 7) is 9.97. The monoisotopic (exact) mass is 311 g/mol. The summed E-state index contributed by atoms with van der Waals surface area (Å²) >= 11 is 0. The molecular formula is C18H37N3O. The minimum Gasteiger partial charge on any atom is -0.390 e. The average molecular weight is 312 g/mol.